The van der Waals surface area contributed by atoms with Gasteiger partial charge >= 0.3 is 0 Å². The third kappa shape index (κ3) is 2.59. The molecule has 1 aromatic heterocycles. The number of carbonyl (C=O) groups is 1. The number of amides is 1. The summed E-state index contributed by atoms with van der Waals surface area (Å²) >= 11 is 0. The van der Waals surface area contributed by atoms with E-state index in [0.717, 1.165) is 38.9 Å². The Bertz CT molecular complexity index is 484. The molecule has 0 spiro atoms. The van der Waals surface area contributed by atoms with Gasteiger partial charge in [-0.15, -0.1) is 0 Å². The molecule has 2 atom stereocenters. The molecule has 5 nitrogen and oxygen atoms in total. The number of likely N-dealkylation sites (tertiary alicyclic amines) is 2. The molecule has 0 unspecified atom stereocenters. The van der Waals surface area contributed by atoms with Gasteiger partial charge in [0.25, 0.3) is 0 Å². The average Bonchev–Trinajstić information content (AvgIpc) is 2.77. The van der Waals surface area contributed by atoms with Gasteiger partial charge in [0, 0.05) is 52.4 Å². The van der Waals surface area contributed by atoms with E-state index in [1.54, 1.807) is 0 Å². The Morgan fingerprint density at radius 2 is 2.20 bits per heavy atom. The summed E-state index contributed by atoms with van der Waals surface area (Å²) in [5, 5.41) is 0. The molecule has 2 aliphatic heterocycles. The molecular formula is C15H24N4O. The van der Waals surface area contributed by atoms with E-state index < -0.39 is 0 Å². The highest BCUT2D eigenvalue weighted by atomic mass is 16.2. The molecule has 0 aromatic carbocycles. The average molecular weight is 276 g/mol. The van der Waals surface area contributed by atoms with Crippen molar-refractivity contribution in [1.29, 1.82) is 0 Å². The van der Waals surface area contributed by atoms with Crippen LogP contribution >= 0.6 is 0 Å². The predicted octanol–water partition coefficient (Wildman–Crippen LogP) is 1.25. The smallest absolute Gasteiger partial charge is 0.222 e. The summed E-state index contributed by atoms with van der Waals surface area (Å²) in [5.74, 6) is 0.964. The van der Waals surface area contributed by atoms with Crippen molar-refractivity contribution in [3.63, 3.8) is 0 Å². The van der Waals surface area contributed by atoms with Crippen LogP contribution in [0.4, 0.5) is 0 Å². The van der Waals surface area contributed by atoms with Gasteiger partial charge in [-0.1, -0.05) is 0 Å². The van der Waals surface area contributed by atoms with E-state index in [4.69, 9.17) is 0 Å². The van der Waals surface area contributed by atoms with Crippen LogP contribution in [0, 0.1) is 5.92 Å². The molecule has 2 aliphatic rings. The summed E-state index contributed by atoms with van der Waals surface area (Å²) in [4.78, 5) is 20.7. The van der Waals surface area contributed by atoms with Crippen LogP contribution in [0.15, 0.2) is 12.5 Å². The molecule has 0 aliphatic carbocycles. The zero-order valence-electron chi connectivity index (χ0n) is 12.5. The molecule has 0 saturated carbocycles. The molecule has 0 bridgehead atoms. The highest BCUT2D eigenvalue weighted by Gasteiger charge is 2.35. The minimum Gasteiger partial charge on any atom is -0.342 e. The topological polar surface area (TPSA) is 41.4 Å². The van der Waals surface area contributed by atoms with Crippen molar-refractivity contribution < 1.29 is 4.79 Å². The van der Waals surface area contributed by atoms with Gasteiger partial charge in [0.05, 0.1) is 12.0 Å². The molecule has 20 heavy (non-hydrogen) atoms. The van der Waals surface area contributed by atoms with E-state index in [1.165, 1.54) is 12.1 Å². The van der Waals surface area contributed by atoms with Crippen LogP contribution in [-0.4, -0.2) is 51.4 Å². The second-order valence-corrected chi connectivity index (χ2v) is 6.24. The van der Waals surface area contributed by atoms with E-state index in [-0.39, 0.29) is 0 Å². The van der Waals surface area contributed by atoms with E-state index in [0.29, 0.717) is 17.9 Å². The van der Waals surface area contributed by atoms with Gasteiger partial charge in [-0.25, -0.2) is 4.98 Å². The van der Waals surface area contributed by atoms with Crippen LogP contribution < -0.4 is 0 Å². The second kappa shape index (κ2) is 5.56. The number of aryl methyl sites for hydroxylation is 1. The van der Waals surface area contributed by atoms with Crippen LogP contribution in [0.25, 0.3) is 0 Å². The van der Waals surface area contributed by atoms with Gasteiger partial charge in [0.1, 0.15) is 0 Å². The minimum atomic E-state index is 0.331. The Morgan fingerprint density at radius 3 is 2.95 bits per heavy atom. The van der Waals surface area contributed by atoms with Gasteiger partial charge in [-0.3, -0.25) is 9.69 Å². The first-order chi connectivity index (χ1) is 9.65. The lowest BCUT2D eigenvalue weighted by molar-refractivity contribution is -0.132. The summed E-state index contributed by atoms with van der Waals surface area (Å²) in [5.41, 5.74) is 1.27. The van der Waals surface area contributed by atoms with E-state index in [9.17, 15) is 4.79 Å². The Hall–Kier alpha value is -1.36. The number of fused-ring (bicyclic) bond motifs is 1. The van der Waals surface area contributed by atoms with Crippen molar-refractivity contribution in [1.82, 2.24) is 19.4 Å². The van der Waals surface area contributed by atoms with Gasteiger partial charge in [-0.2, -0.15) is 0 Å². The molecule has 1 aromatic rings. The maximum atomic E-state index is 12.0. The van der Waals surface area contributed by atoms with Crippen molar-refractivity contribution in [2.75, 3.05) is 20.1 Å². The fraction of sp³-hybridized carbons (Fsp3) is 0.733. The van der Waals surface area contributed by atoms with Crippen molar-refractivity contribution in [2.45, 2.75) is 38.3 Å². The van der Waals surface area contributed by atoms with Crippen molar-refractivity contribution in [3.8, 4) is 0 Å². The Balaban J connectivity index is 1.66. The summed E-state index contributed by atoms with van der Waals surface area (Å²) in [7, 11) is 4.04. The number of carbonyl (C=O) groups excluding carboxylic acids is 1. The van der Waals surface area contributed by atoms with Crippen molar-refractivity contribution in [3.05, 3.63) is 18.2 Å². The van der Waals surface area contributed by atoms with Gasteiger partial charge in [0.15, 0.2) is 0 Å². The van der Waals surface area contributed by atoms with Crippen LogP contribution in [0.3, 0.4) is 0 Å². The number of nitrogens with zero attached hydrogens (tertiary/aromatic N) is 4. The molecule has 110 valence electrons. The lowest BCUT2D eigenvalue weighted by Crippen LogP contribution is -2.50. The monoisotopic (exact) mass is 276 g/mol. The maximum absolute atomic E-state index is 12.0. The van der Waals surface area contributed by atoms with E-state index in [2.05, 4.69) is 14.5 Å². The highest BCUT2D eigenvalue weighted by Crippen LogP contribution is 2.30. The third-order valence-electron chi connectivity index (χ3n) is 4.94. The number of aromatic nitrogens is 2. The minimum absolute atomic E-state index is 0.331. The quantitative estimate of drug-likeness (QED) is 0.816. The first kappa shape index (κ1) is 13.6. The fourth-order valence-electron chi connectivity index (χ4n) is 3.68. The molecule has 3 rings (SSSR count). The molecule has 2 fully saturated rings. The van der Waals surface area contributed by atoms with Crippen molar-refractivity contribution >= 4 is 5.91 Å². The standard InChI is InChI=1S/C15H24N4O/c1-17-11-16-8-13(17)10-19-7-6-14-12(9-19)4-3-5-15(20)18(14)2/h8,11-12,14H,3-7,9-10H2,1-2H3/t12-,14+/m0/s1. The number of hydrogen-bond donors (Lipinski definition) is 0. The van der Waals surface area contributed by atoms with E-state index in [1.807, 2.05) is 31.5 Å². The number of hydrogen-bond acceptors (Lipinski definition) is 3. The normalized spacial score (nSPS) is 28.3. The lowest BCUT2D eigenvalue weighted by atomic mass is 9.88. The SMILES string of the molecule is CN1C(=O)CCC[C@H]2CN(Cc3cncn3C)CC[C@H]21. The molecule has 0 N–H and O–H groups in total. The molecular weight excluding hydrogens is 252 g/mol. The summed E-state index contributed by atoms with van der Waals surface area (Å²) in [6, 6.07) is 0.452. The van der Waals surface area contributed by atoms with Crippen LogP contribution in [0.5, 0.6) is 0 Å². The molecule has 5 heteroatoms. The zero-order chi connectivity index (χ0) is 14.1. The van der Waals surface area contributed by atoms with Crippen molar-refractivity contribution in [2.24, 2.45) is 13.0 Å². The largest absolute Gasteiger partial charge is 0.342 e. The Labute approximate surface area is 120 Å². The van der Waals surface area contributed by atoms with Gasteiger partial charge in [0.2, 0.25) is 5.91 Å². The second-order valence-electron chi connectivity index (χ2n) is 6.24. The van der Waals surface area contributed by atoms with E-state index >= 15 is 0 Å². The molecule has 3 heterocycles. The summed E-state index contributed by atoms with van der Waals surface area (Å²) < 4.78 is 2.09. The predicted molar refractivity (Wildman–Crippen MR) is 77.0 cm³/mol. The third-order valence-corrected chi connectivity index (χ3v) is 4.94. The van der Waals surface area contributed by atoms with Crippen LogP contribution in [0.2, 0.25) is 0 Å². The lowest BCUT2D eigenvalue weighted by Gasteiger charge is -2.41. The van der Waals surface area contributed by atoms with Crippen LogP contribution in [-0.2, 0) is 18.4 Å². The molecule has 0 radical (unpaired) electrons. The fourth-order valence-corrected chi connectivity index (χ4v) is 3.68. The molecule has 2 saturated heterocycles. The van der Waals surface area contributed by atoms with Crippen LogP contribution in [0.1, 0.15) is 31.4 Å². The summed E-state index contributed by atoms with van der Waals surface area (Å²) in [6.07, 6.45) is 7.87. The Morgan fingerprint density at radius 1 is 1.35 bits per heavy atom. The first-order valence-electron chi connectivity index (χ1n) is 7.58. The molecule has 1 amide bonds. The number of rotatable bonds is 2. The zero-order valence-corrected chi connectivity index (χ0v) is 12.5. The Kier molecular flexibility index (Phi) is 3.78. The number of imidazole rings is 1. The summed E-state index contributed by atoms with van der Waals surface area (Å²) in [6.45, 7) is 3.15. The maximum Gasteiger partial charge on any atom is 0.222 e. The van der Waals surface area contributed by atoms with Gasteiger partial charge < -0.3 is 9.47 Å². The van der Waals surface area contributed by atoms with Gasteiger partial charge in [-0.05, 0) is 25.2 Å². The first-order valence-corrected chi connectivity index (χ1v) is 7.58. The highest BCUT2D eigenvalue weighted by molar-refractivity contribution is 5.76. The number of piperidine rings is 1.